The van der Waals surface area contributed by atoms with Crippen LogP contribution in [0.5, 0.6) is 0 Å². The first-order valence-corrected chi connectivity index (χ1v) is 8.90. The molecule has 1 N–H and O–H groups in total. The van der Waals surface area contributed by atoms with E-state index in [-0.39, 0.29) is 5.57 Å². The largest absolute Gasteiger partial charge is 0.321 e. The first-order chi connectivity index (χ1) is 13.0. The quantitative estimate of drug-likeness (QED) is 0.351. The first kappa shape index (κ1) is 18.6. The summed E-state index contributed by atoms with van der Waals surface area (Å²) in [5.74, 6) is -3.06. The fourth-order valence-corrected chi connectivity index (χ4v) is 3.03. The summed E-state index contributed by atoms with van der Waals surface area (Å²) < 4.78 is 24.7. The third-order valence-electron chi connectivity index (χ3n) is 3.79. The molecule has 27 heavy (non-hydrogen) atoms. The monoisotopic (exact) mass is 380 g/mol. The van der Waals surface area contributed by atoms with Gasteiger partial charge in [-0.25, -0.2) is 0 Å². The molecule has 0 bridgehead atoms. The molecule has 0 aliphatic heterocycles. The van der Waals surface area contributed by atoms with E-state index in [2.05, 4.69) is 5.32 Å². The Labute approximate surface area is 159 Å². The number of nitrogens with one attached hydrogen (secondary N) is 1. The van der Waals surface area contributed by atoms with E-state index in [9.17, 15) is 18.8 Å². The highest BCUT2D eigenvalue weighted by Crippen LogP contribution is 2.26. The average molecular weight is 380 g/mol. The molecule has 0 aromatic heterocycles. The Bertz CT molecular complexity index is 1040. The summed E-state index contributed by atoms with van der Waals surface area (Å²) in [6.45, 7) is 0. The molecular weight excluding hydrogens is 366 g/mol. The van der Waals surface area contributed by atoms with Gasteiger partial charge in [0, 0.05) is 10.6 Å². The van der Waals surface area contributed by atoms with Crippen LogP contribution in [-0.2, 0) is 4.79 Å². The van der Waals surface area contributed by atoms with Gasteiger partial charge in [-0.15, -0.1) is 0 Å². The van der Waals surface area contributed by atoms with Crippen LogP contribution in [0, 0.1) is 11.3 Å². The van der Waals surface area contributed by atoms with E-state index in [1.807, 2.05) is 48.5 Å². The lowest BCUT2D eigenvalue weighted by Gasteiger charge is -2.06. The highest BCUT2D eigenvalue weighted by atomic mass is 32.2. The van der Waals surface area contributed by atoms with E-state index in [4.69, 9.17) is 0 Å². The Hall–Kier alpha value is -3.17. The standard InChI is InChI=1S/C21H14F2N2OS/c22-21(23)27-19-9-7-18(8-10-19)25-20(26)17(13-24)12-14-5-6-15-3-1-2-4-16(15)11-14/h1-12,21H,(H,25,26)/b17-12+. The number of carbonyl (C=O) groups is 1. The maximum atomic E-state index is 12.3. The van der Waals surface area contributed by atoms with Crippen LogP contribution in [0.3, 0.4) is 0 Å². The SMILES string of the molecule is N#C/C(=C\c1ccc2ccccc2c1)C(=O)Nc1ccc(SC(F)F)cc1. The Morgan fingerprint density at radius 1 is 1.04 bits per heavy atom. The Morgan fingerprint density at radius 2 is 1.74 bits per heavy atom. The molecule has 0 heterocycles. The van der Waals surface area contributed by atoms with Gasteiger partial charge in [0.2, 0.25) is 0 Å². The lowest BCUT2D eigenvalue weighted by molar-refractivity contribution is -0.112. The molecule has 1 amide bonds. The topological polar surface area (TPSA) is 52.9 Å². The molecule has 0 unspecified atom stereocenters. The normalized spacial score (nSPS) is 11.4. The highest BCUT2D eigenvalue weighted by molar-refractivity contribution is 7.99. The molecule has 3 aromatic rings. The maximum Gasteiger partial charge on any atom is 0.288 e. The summed E-state index contributed by atoms with van der Waals surface area (Å²) >= 11 is 0.430. The fraction of sp³-hybridized carbons (Fsp3) is 0.0476. The third kappa shape index (κ3) is 4.93. The van der Waals surface area contributed by atoms with Gasteiger partial charge in [0.25, 0.3) is 11.7 Å². The molecule has 0 spiro atoms. The van der Waals surface area contributed by atoms with Crippen molar-refractivity contribution in [3.63, 3.8) is 0 Å². The number of rotatable bonds is 5. The first-order valence-electron chi connectivity index (χ1n) is 8.02. The van der Waals surface area contributed by atoms with Crippen molar-refractivity contribution in [1.82, 2.24) is 0 Å². The van der Waals surface area contributed by atoms with Gasteiger partial charge in [-0.05, 0) is 52.7 Å². The molecule has 0 saturated carbocycles. The number of nitrogens with zero attached hydrogens (tertiary/aromatic N) is 1. The third-order valence-corrected chi connectivity index (χ3v) is 4.51. The molecule has 0 atom stereocenters. The van der Waals surface area contributed by atoms with E-state index in [1.54, 1.807) is 0 Å². The minimum absolute atomic E-state index is 0.0451. The average Bonchev–Trinajstić information content (AvgIpc) is 2.67. The van der Waals surface area contributed by atoms with Gasteiger partial charge in [-0.2, -0.15) is 14.0 Å². The number of amides is 1. The van der Waals surface area contributed by atoms with Gasteiger partial charge in [0.05, 0.1) is 0 Å². The molecule has 6 heteroatoms. The number of thioether (sulfide) groups is 1. The van der Waals surface area contributed by atoms with Crippen LogP contribution >= 0.6 is 11.8 Å². The predicted octanol–water partition coefficient (Wildman–Crippen LogP) is 5.70. The Morgan fingerprint density at radius 3 is 2.41 bits per heavy atom. The number of halogens is 2. The van der Waals surface area contributed by atoms with Crippen molar-refractivity contribution in [2.75, 3.05) is 5.32 Å². The smallest absolute Gasteiger partial charge is 0.288 e. The van der Waals surface area contributed by atoms with Crippen molar-refractivity contribution in [1.29, 1.82) is 5.26 Å². The zero-order valence-electron chi connectivity index (χ0n) is 14.0. The minimum atomic E-state index is -2.50. The van der Waals surface area contributed by atoms with Crippen LogP contribution < -0.4 is 5.32 Å². The molecule has 0 saturated heterocycles. The maximum absolute atomic E-state index is 12.3. The number of alkyl halides is 2. The van der Waals surface area contributed by atoms with Crippen molar-refractivity contribution in [2.24, 2.45) is 0 Å². The van der Waals surface area contributed by atoms with E-state index in [0.717, 1.165) is 16.3 Å². The number of anilines is 1. The number of benzene rings is 3. The summed E-state index contributed by atoms with van der Waals surface area (Å²) in [6.07, 6.45) is 1.52. The molecule has 0 fully saturated rings. The van der Waals surface area contributed by atoms with Crippen molar-refractivity contribution in [3.8, 4) is 6.07 Å². The van der Waals surface area contributed by atoms with Crippen molar-refractivity contribution >= 4 is 40.2 Å². The van der Waals surface area contributed by atoms with E-state index in [0.29, 0.717) is 22.3 Å². The number of carbonyl (C=O) groups excluding carboxylic acids is 1. The van der Waals surface area contributed by atoms with Gasteiger partial charge in [0.1, 0.15) is 11.6 Å². The van der Waals surface area contributed by atoms with Crippen LogP contribution in [-0.4, -0.2) is 11.7 Å². The van der Waals surface area contributed by atoms with E-state index < -0.39 is 11.7 Å². The van der Waals surface area contributed by atoms with E-state index in [1.165, 1.54) is 30.3 Å². The van der Waals surface area contributed by atoms with Crippen LogP contribution in [0.4, 0.5) is 14.5 Å². The number of hydrogen-bond donors (Lipinski definition) is 1. The Balaban J connectivity index is 1.76. The molecule has 3 rings (SSSR count). The zero-order chi connectivity index (χ0) is 19.2. The van der Waals surface area contributed by atoms with Crippen molar-refractivity contribution in [2.45, 2.75) is 10.7 Å². The molecule has 3 aromatic carbocycles. The predicted molar refractivity (Wildman–Crippen MR) is 104 cm³/mol. The lowest BCUT2D eigenvalue weighted by atomic mass is 10.1. The van der Waals surface area contributed by atoms with Gasteiger partial charge in [-0.3, -0.25) is 4.79 Å². The second-order valence-electron chi connectivity index (χ2n) is 5.63. The summed E-state index contributed by atoms with van der Waals surface area (Å²) in [5.41, 5.74) is 1.12. The molecule has 0 radical (unpaired) electrons. The van der Waals surface area contributed by atoms with Crippen molar-refractivity contribution in [3.05, 3.63) is 77.9 Å². The Kier molecular flexibility index (Phi) is 5.84. The molecular formula is C21H14F2N2OS. The van der Waals surface area contributed by atoms with E-state index >= 15 is 0 Å². The summed E-state index contributed by atoms with van der Waals surface area (Å²) in [6, 6.07) is 21.4. The second kappa shape index (κ2) is 8.47. The van der Waals surface area contributed by atoms with Crippen LogP contribution in [0.1, 0.15) is 5.56 Å². The minimum Gasteiger partial charge on any atom is -0.321 e. The summed E-state index contributed by atoms with van der Waals surface area (Å²) in [5, 5.41) is 14.0. The van der Waals surface area contributed by atoms with Crippen LogP contribution in [0.2, 0.25) is 0 Å². The van der Waals surface area contributed by atoms with Crippen LogP contribution in [0.25, 0.3) is 16.8 Å². The molecule has 134 valence electrons. The second-order valence-corrected chi connectivity index (χ2v) is 6.70. The van der Waals surface area contributed by atoms with Gasteiger partial charge >= 0.3 is 0 Å². The molecule has 0 aliphatic carbocycles. The zero-order valence-corrected chi connectivity index (χ0v) is 14.8. The lowest BCUT2D eigenvalue weighted by Crippen LogP contribution is -2.13. The number of hydrogen-bond acceptors (Lipinski definition) is 3. The fourth-order valence-electron chi connectivity index (χ4n) is 2.53. The van der Waals surface area contributed by atoms with Gasteiger partial charge in [-0.1, -0.05) is 48.2 Å². The van der Waals surface area contributed by atoms with Crippen LogP contribution in [0.15, 0.2) is 77.2 Å². The van der Waals surface area contributed by atoms with Gasteiger partial charge in [0.15, 0.2) is 0 Å². The molecule has 3 nitrogen and oxygen atoms in total. The number of fused-ring (bicyclic) bond motifs is 1. The summed E-state index contributed by atoms with van der Waals surface area (Å²) in [4.78, 5) is 12.7. The van der Waals surface area contributed by atoms with Gasteiger partial charge < -0.3 is 5.32 Å². The highest BCUT2D eigenvalue weighted by Gasteiger charge is 2.10. The molecule has 0 aliphatic rings. The number of nitriles is 1. The summed E-state index contributed by atoms with van der Waals surface area (Å²) in [7, 11) is 0. The van der Waals surface area contributed by atoms with Crippen molar-refractivity contribution < 1.29 is 13.6 Å².